The van der Waals surface area contributed by atoms with E-state index in [1.54, 1.807) is 9.80 Å². The Morgan fingerprint density at radius 2 is 2.04 bits per heavy atom. The summed E-state index contributed by atoms with van der Waals surface area (Å²) >= 11 is 0. The van der Waals surface area contributed by atoms with Gasteiger partial charge in [0.05, 0.1) is 19.3 Å². The van der Waals surface area contributed by atoms with Gasteiger partial charge >= 0.3 is 0 Å². The number of carbonyl (C=O) groups excluding carboxylic acids is 2. The molecule has 9 heteroatoms. The van der Waals surface area contributed by atoms with Crippen LogP contribution in [0.5, 0.6) is 0 Å². The molecule has 1 aromatic heterocycles. The third kappa shape index (κ3) is 5.59. The van der Waals surface area contributed by atoms with Gasteiger partial charge in [-0.1, -0.05) is 44.2 Å². The van der Waals surface area contributed by atoms with Gasteiger partial charge in [0.15, 0.2) is 0 Å². The van der Waals surface area contributed by atoms with Crippen molar-refractivity contribution in [1.82, 2.24) is 30.0 Å². The Morgan fingerprint density at radius 1 is 1.25 bits per heavy atom. The molecule has 150 valence electrons. The molecule has 0 unspecified atom stereocenters. The third-order valence-corrected chi connectivity index (χ3v) is 4.48. The monoisotopic (exact) mass is 386 g/mol. The molecule has 1 aromatic carbocycles. The summed E-state index contributed by atoms with van der Waals surface area (Å²) in [7, 11) is 0. The normalized spacial score (nSPS) is 17.8. The molecule has 0 aliphatic carbocycles. The Hall–Kier alpha value is -2.81. The van der Waals surface area contributed by atoms with E-state index in [2.05, 4.69) is 29.4 Å². The van der Waals surface area contributed by atoms with E-state index in [4.69, 9.17) is 4.74 Å². The molecule has 1 fully saturated rings. The number of aromatic nitrogens is 4. The Balaban J connectivity index is 1.70. The van der Waals surface area contributed by atoms with Crippen LogP contribution in [0.2, 0.25) is 0 Å². The second-order valence-corrected chi connectivity index (χ2v) is 7.39. The van der Waals surface area contributed by atoms with Crippen LogP contribution in [0.3, 0.4) is 0 Å². The fraction of sp³-hybridized carbons (Fsp3) is 0.526. The Bertz CT molecular complexity index is 765. The summed E-state index contributed by atoms with van der Waals surface area (Å²) < 4.78 is 7.44. The zero-order valence-electron chi connectivity index (χ0n) is 16.3. The second kappa shape index (κ2) is 9.41. The Kier molecular flexibility index (Phi) is 6.70. The zero-order valence-corrected chi connectivity index (χ0v) is 16.3. The predicted octanol–water partition coefficient (Wildman–Crippen LogP) is 0.585. The lowest BCUT2D eigenvalue weighted by molar-refractivity contribution is -0.139. The van der Waals surface area contributed by atoms with E-state index in [1.165, 1.54) is 11.0 Å². The Labute approximate surface area is 164 Å². The van der Waals surface area contributed by atoms with Gasteiger partial charge in [-0.15, -0.1) is 5.10 Å². The minimum absolute atomic E-state index is 0.00410. The number of ether oxygens (including phenoxy) is 1. The van der Waals surface area contributed by atoms with Crippen LogP contribution in [-0.2, 0) is 27.5 Å². The van der Waals surface area contributed by atoms with E-state index in [-0.39, 0.29) is 31.0 Å². The van der Waals surface area contributed by atoms with E-state index in [0.717, 1.165) is 5.56 Å². The van der Waals surface area contributed by atoms with Crippen molar-refractivity contribution >= 4 is 11.8 Å². The van der Waals surface area contributed by atoms with E-state index in [9.17, 15) is 9.59 Å². The molecule has 0 radical (unpaired) electrons. The average molecular weight is 386 g/mol. The highest BCUT2D eigenvalue weighted by Gasteiger charge is 2.31. The van der Waals surface area contributed by atoms with E-state index < -0.39 is 0 Å². The topological polar surface area (TPSA) is 93.4 Å². The van der Waals surface area contributed by atoms with Crippen molar-refractivity contribution in [2.45, 2.75) is 33.1 Å². The summed E-state index contributed by atoms with van der Waals surface area (Å²) in [6, 6.07) is 9.87. The van der Waals surface area contributed by atoms with Crippen molar-refractivity contribution in [1.29, 1.82) is 0 Å². The predicted molar refractivity (Wildman–Crippen MR) is 101 cm³/mol. The highest BCUT2D eigenvalue weighted by molar-refractivity contribution is 5.85. The standard InChI is InChI=1S/C19H26N6O3/c1-15(2)8-23-9-17(28-13-16-6-4-3-5-7-16)10-24(11-18(23)26)19(27)12-25-14-20-21-22-25/h3-7,14-15,17H,8-13H2,1-2H3/t17-/m0/s1. The van der Waals surface area contributed by atoms with E-state index in [1.807, 2.05) is 30.3 Å². The molecule has 2 amide bonds. The molecular formula is C19H26N6O3. The van der Waals surface area contributed by atoms with Gasteiger partial charge in [0.25, 0.3) is 0 Å². The van der Waals surface area contributed by atoms with Crippen molar-refractivity contribution in [3.05, 3.63) is 42.2 Å². The lowest BCUT2D eigenvalue weighted by Crippen LogP contribution is -2.41. The van der Waals surface area contributed by atoms with Crippen LogP contribution in [0.1, 0.15) is 19.4 Å². The number of hydrogen-bond acceptors (Lipinski definition) is 6. The first-order chi connectivity index (χ1) is 13.5. The number of hydrogen-bond donors (Lipinski definition) is 0. The molecule has 2 heterocycles. The van der Waals surface area contributed by atoms with Crippen LogP contribution < -0.4 is 0 Å². The van der Waals surface area contributed by atoms with Crippen LogP contribution in [0, 0.1) is 5.92 Å². The van der Waals surface area contributed by atoms with Gasteiger partial charge in [-0.25, -0.2) is 4.68 Å². The SMILES string of the molecule is CC(C)CN1C[C@H](OCc2ccccc2)CN(C(=O)Cn2cnnn2)CC1=O. The van der Waals surface area contributed by atoms with Crippen molar-refractivity contribution in [3.8, 4) is 0 Å². The van der Waals surface area contributed by atoms with E-state index >= 15 is 0 Å². The molecule has 1 aliphatic rings. The van der Waals surface area contributed by atoms with Crippen molar-refractivity contribution < 1.29 is 14.3 Å². The summed E-state index contributed by atoms with van der Waals surface area (Å²) in [5, 5.41) is 10.8. The van der Waals surface area contributed by atoms with Gasteiger partial charge in [-0.05, 0) is 21.9 Å². The van der Waals surface area contributed by atoms with Crippen LogP contribution in [0.4, 0.5) is 0 Å². The van der Waals surface area contributed by atoms with Gasteiger partial charge in [0.2, 0.25) is 11.8 Å². The zero-order chi connectivity index (χ0) is 19.9. The fourth-order valence-corrected chi connectivity index (χ4v) is 3.17. The van der Waals surface area contributed by atoms with Crippen LogP contribution in [0.25, 0.3) is 0 Å². The van der Waals surface area contributed by atoms with Gasteiger partial charge in [0, 0.05) is 19.6 Å². The maximum atomic E-state index is 12.7. The first-order valence-electron chi connectivity index (χ1n) is 9.43. The number of rotatable bonds is 7. The first-order valence-corrected chi connectivity index (χ1v) is 9.43. The largest absolute Gasteiger partial charge is 0.370 e. The second-order valence-electron chi connectivity index (χ2n) is 7.39. The van der Waals surface area contributed by atoms with Gasteiger partial charge < -0.3 is 14.5 Å². The molecule has 0 N–H and O–H groups in total. The summed E-state index contributed by atoms with van der Waals surface area (Å²) in [5.74, 6) is 0.0622. The molecule has 1 aliphatic heterocycles. The van der Waals surface area contributed by atoms with Gasteiger partial charge in [-0.3, -0.25) is 9.59 Å². The van der Waals surface area contributed by atoms with Crippen molar-refractivity contribution in [2.24, 2.45) is 5.92 Å². The summed E-state index contributed by atoms with van der Waals surface area (Å²) in [6.45, 7) is 6.07. The number of nitrogens with zero attached hydrogens (tertiary/aromatic N) is 6. The lowest BCUT2D eigenvalue weighted by Gasteiger charge is -2.26. The highest BCUT2D eigenvalue weighted by Crippen LogP contribution is 2.13. The maximum Gasteiger partial charge on any atom is 0.245 e. The molecule has 0 bridgehead atoms. The molecule has 0 spiro atoms. The van der Waals surface area contributed by atoms with Crippen molar-refractivity contribution in [3.63, 3.8) is 0 Å². The van der Waals surface area contributed by atoms with E-state index in [0.29, 0.717) is 32.2 Å². The van der Waals surface area contributed by atoms with Crippen molar-refractivity contribution in [2.75, 3.05) is 26.2 Å². The molecule has 3 rings (SSSR count). The lowest BCUT2D eigenvalue weighted by atomic mass is 10.2. The average Bonchev–Trinajstić information content (AvgIpc) is 3.12. The highest BCUT2D eigenvalue weighted by atomic mass is 16.5. The summed E-state index contributed by atoms with van der Waals surface area (Å²) in [6.07, 6.45) is 1.12. The fourth-order valence-electron chi connectivity index (χ4n) is 3.17. The summed E-state index contributed by atoms with van der Waals surface area (Å²) in [5.41, 5.74) is 1.06. The summed E-state index contributed by atoms with van der Waals surface area (Å²) in [4.78, 5) is 28.7. The first kappa shape index (κ1) is 19.9. The molecule has 9 nitrogen and oxygen atoms in total. The number of amides is 2. The minimum atomic E-state index is -0.261. The quantitative estimate of drug-likeness (QED) is 0.691. The molecule has 2 aromatic rings. The molecule has 1 saturated heterocycles. The number of benzene rings is 1. The van der Waals surface area contributed by atoms with Crippen LogP contribution in [-0.4, -0.2) is 74.1 Å². The number of tetrazole rings is 1. The number of carbonyl (C=O) groups is 2. The molecule has 0 saturated carbocycles. The van der Waals surface area contributed by atoms with Gasteiger partial charge in [0.1, 0.15) is 12.9 Å². The molecular weight excluding hydrogens is 360 g/mol. The van der Waals surface area contributed by atoms with Gasteiger partial charge in [-0.2, -0.15) is 0 Å². The Morgan fingerprint density at radius 3 is 2.71 bits per heavy atom. The van der Waals surface area contributed by atoms with Crippen LogP contribution >= 0.6 is 0 Å². The third-order valence-electron chi connectivity index (χ3n) is 4.48. The molecule has 28 heavy (non-hydrogen) atoms. The maximum absolute atomic E-state index is 12.7. The smallest absolute Gasteiger partial charge is 0.245 e. The van der Waals surface area contributed by atoms with Crippen LogP contribution in [0.15, 0.2) is 36.7 Å². The minimum Gasteiger partial charge on any atom is -0.370 e. The molecule has 1 atom stereocenters.